The molecule has 14 heteroatoms. The fraction of sp³-hybridized carbons (Fsp3) is 0.387. The van der Waals surface area contributed by atoms with Crippen LogP contribution in [0, 0.1) is 11.3 Å². The predicted octanol–water partition coefficient (Wildman–Crippen LogP) is 2.47. The summed E-state index contributed by atoms with van der Waals surface area (Å²) >= 11 is 0. The Kier molecular flexibility index (Phi) is 13.6. The summed E-state index contributed by atoms with van der Waals surface area (Å²) in [5.74, 6) is -0.698. The van der Waals surface area contributed by atoms with Gasteiger partial charge in [-0.3, -0.25) is 15.0 Å². The molecule has 1 saturated heterocycles. The van der Waals surface area contributed by atoms with Crippen molar-refractivity contribution in [2.75, 3.05) is 51.9 Å². The number of nitrogens with two attached hydrogens (primary N) is 1. The number of fused-ring (bicyclic) bond motifs is 1. The van der Waals surface area contributed by atoms with Crippen molar-refractivity contribution in [3.05, 3.63) is 72.3 Å². The maximum Gasteiger partial charge on any atom is 0.250 e. The lowest BCUT2D eigenvalue weighted by Gasteiger charge is -2.33. The molecular weight excluding hydrogens is 620 g/mol. The Morgan fingerprint density at radius 3 is 2.51 bits per heavy atom. The molecule has 1 fully saturated rings. The van der Waals surface area contributed by atoms with Crippen LogP contribution < -0.4 is 21.1 Å². The number of ether oxygens (including phenoxy) is 2. The lowest BCUT2D eigenvalue weighted by atomic mass is 9.98. The Balaban J connectivity index is 0.00000552. The highest BCUT2D eigenvalue weighted by molar-refractivity contribution is 7.89. The Hall–Kier alpha value is -3.75. The van der Waals surface area contributed by atoms with Gasteiger partial charge in [0.15, 0.2) is 5.96 Å². The van der Waals surface area contributed by atoms with Crippen LogP contribution in [0.5, 0.6) is 0 Å². The first kappa shape index (κ1) is 35.7. The topological polar surface area (TPSA) is 176 Å². The Labute approximate surface area is 270 Å². The number of nitrogens with one attached hydrogen (secondary N) is 4. The molecule has 2 atom stereocenters. The number of guanidine groups is 1. The maximum atomic E-state index is 13.5. The molecule has 12 nitrogen and oxygen atoms in total. The van der Waals surface area contributed by atoms with Gasteiger partial charge in [0, 0.05) is 32.4 Å². The van der Waals surface area contributed by atoms with Gasteiger partial charge in [0.2, 0.25) is 21.8 Å². The smallest absolute Gasteiger partial charge is 0.250 e. The SMILES string of the molecule is COCCOCC(=O)Nc1ccc(C[C@@H](NS(=O)(=O)c2ccc3ccccc3c2)C(=O)NC[C@H]2CCCN(C(=N)N)C2)cc1.Cl. The minimum atomic E-state index is -4.06. The number of amides is 2. The molecule has 6 N–H and O–H groups in total. The van der Waals surface area contributed by atoms with Gasteiger partial charge in [-0.1, -0.05) is 42.5 Å². The van der Waals surface area contributed by atoms with Crippen molar-refractivity contribution in [1.29, 1.82) is 5.41 Å². The molecule has 0 radical (unpaired) electrons. The molecule has 0 aromatic heterocycles. The van der Waals surface area contributed by atoms with Crippen LogP contribution >= 0.6 is 12.4 Å². The van der Waals surface area contributed by atoms with Crippen LogP contribution in [0.1, 0.15) is 18.4 Å². The van der Waals surface area contributed by atoms with Gasteiger partial charge in [-0.05, 0) is 65.8 Å². The van der Waals surface area contributed by atoms with Gasteiger partial charge >= 0.3 is 0 Å². The number of methoxy groups -OCH3 is 1. The molecule has 1 aliphatic heterocycles. The van der Waals surface area contributed by atoms with E-state index in [0.717, 1.165) is 23.6 Å². The summed E-state index contributed by atoms with van der Waals surface area (Å²) < 4.78 is 39.8. The van der Waals surface area contributed by atoms with Gasteiger partial charge in [-0.2, -0.15) is 4.72 Å². The third-order valence-corrected chi connectivity index (χ3v) is 8.88. The predicted molar refractivity (Wildman–Crippen MR) is 176 cm³/mol. The molecule has 45 heavy (non-hydrogen) atoms. The summed E-state index contributed by atoms with van der Waals surface area (Å²) in [6.07, 6.45) is 1.79. The normalized spacial score (nSPS) is 15.6. The molecule has 244 valence electrons. The summed E-state index contributed by atoms with van der Waals surface area (Å²) in [6.45, 7) is 2.15. The lowest BCUT2D eigenvalue weighted by molar-refractivity contribution is -0.123. The van der Waals surface area contributed by atoms with E-state index in [4.69, 9.17) is 20.6 Å². The molecular formula is C31H41ClN6O6S. The summed E-state index contributed by atoms with van der Waals surface area (Å²) in [5.41, 5.74) is 6.90. The van der Waals surface area contributed by atoms with E-state index < -0.39 is 22.0 Å². The summed E-state index contributed by atoms with van der Waals surface area (Å²) in [5, 5.41) is 15.1. The van der Waals surface area contributed by atoms with E-state index in [2.05, 4.69) is 15.4 Å². The van der Waals surface area contributed by atoms with Crippen molar-refractivity contribution in [2.45, 2.75) is 30.2 Å². The summed E-state index contributed by atoms with van der Waals surface area (Å²) in [4.78, 5) is 27.5. The van der Waals surface area contributed by atoms with Gasteiger partial charge in [0.25, 0.3) is 0 Å². The number of rotatable bonds is 14. The van der Waals surface area contributed by atoms with Gasteiger partial charge in [-0.15, -0.1) is 12.4 Å². The molecule has 1 heterocycles. The second-order valence-electron chi connectivity index (χ2n) is 10.8. The average molecular weight is 661 g/mol. The highest BCUT2D eigenvalue weighted by Gasteiger charge is 2.28. The Morgan fingerprint density at radius 2 is 1.80 bits per heavy atom. The van der Waals surface area contributed by atoms with Crippen LogP contribution in [0.2, 0.25) is 0 Å². The summed E-state index contributed by atoms with van der Waals surface area (Å²) in [6, 6.07) is 18.0. The number of piperidine rings is 1. The second-order valence-corrected chi connectivity index (χ2v) is 12.5. The number of hydrogen-bond acceptors (Lipinski definition) is 7. The van der Waals surface area contributed by atoms with Gasteiger partial charge < -0.3 is 30.7 Å². The standard InChI is InChI=1S/C31H40N6O6S.ClH/c1-42-15-16-43-21-29(38)35-26-11-8-22(9-12-26)17-28(30(39)34-19-23-5-4-14-37(20-23)31(32)33)36-44(40,41)27-13-10-24-6-2-3-7-25(24)18-27;/h2-3,6-13,18,23,28,36H,4-5,14-17,19-21H2,1H3,(H3,32,33)(H,34,39)(H,35,38);1H/t23-,28-;/m1./s1. The highest BCUT2D eigenvalue weighted by Crippen LogP contribution is 2.20. The number of carbonyl (C=O) groups excluding carboxylic acids is 2. The number of likely N-dealkylation sites (tertiary alicyclic amines) is 1. The van der Waals surface area contributed by atoms with Gasteiger partial charge in [0.05, 0.1) is 18.1 Å². The van der Waals surface area contributed by atoms with Crippen molar-refractivity contribution in [1.82, 2.24) is 14.9 Å². The van der Waals surface area contributed by atoms with Crippen LogP contribution in [0.15, 0.2) is 71.6 Å². The zero-order valence-corrected chi connectivity index (χ0v) is 26.8. The van der Waals surface area contributed by atoms with Gasteiger partial charge in [-0.25, -0.2) is 8.42 Å². The molecule has 2 amide bonds. The van der Waals surface area contributed by atoms with Crippen molar-refractivity contribution >= 4 is 56.7 Å². The zero-order valence-electron chi connectivity index (χ0n) is 25.2. The number of anilines is 1. The molecule has 3 aromatic rings. The van der Waals surface area contributed by atoms with E-state index >= 15 is 0 Å². The highest BCUT2D eigenvalue weighted by atomic mass is 35.5. The molecule has 0 saturated carbocycles. The Morgan fingerprint density at radius 1 is 1.07 bits per heavy atom. The molecule has 0 bridgehead atoms. The van der Waals surface area contributed by atoms with Crippen LogP contribution in [0.25, 0.3) is 10.8 Å². The van der Waals surface area contributed by atoms with E-state index in [1.165, 1.54) is 6.07 Å². The van der Waals surface area contributed by atoms with E-state index in [1.807, 2.05) is 24.3 Å². The molecule has 0 spiro atoms. The first-order valence-corrected chi connectivity index (χ1v) is 16.0. The minimum Gasteiger partial charge on any atom is -0.382 e. The number of halogens is 1. The fourth-order valence-electron chi connectivity index (χ4n) is 5.06. The fourth-order valence-corrected chi connectivity index (χ4v) is 6.29. The van der Waals surface area contributed by atoms with E-state index in [0.29, 0.717) is 44.1 Å². The minimum absolute atomic E-state index is 0. The van der Waals surface area contributed by atoms with E-state index in [-0.39, 0.29) is 48.1 Å². The number of sulfonamides is 1. The third kappa shape index (κ3) is 10.7. The second kappa shape index (κ2) is 17.1. The quantitative estimate of drug-likeness (QED) is 0.0995. The first-order chi connectivity index (χ1) is 21.1. The van der Waals surface area contributed by atoms with Crippen LogP contribution in [0.4, 0.5) is 5.69 Å². The van der Waals surface area contributed by atoms with Crippen molar-refractivity contribution in [2.24, 2.45) is 11.7 Å². The molecule has 4 rings (SSSR count). The zero-order chi connectivity index (χ0) is 31.5. The first-order valence-electron chi connectivity index (χ1n) is 14.5. The van der Waals surface area contributed by atoms with Crippen molar-refractivity contribution in [3.8, 4) is 0 Å². The van der Waals surface area contributed by atoms with E-state index in [9.17, 15) is 18.0 Å². The maximum absolute atomic E-state index is 13.5. The summed E-state index contributed by atoms with van der Waals surface area (Å²) in [7, 11) is -2.51. The molecule has 1 aliphatic rings. The van der Waals surface area contributed by atoms with Crippen molar-refractivity contribution < 1.29 is 27.5 Å². The van der Waals surface area contributed by atoms with Crippen LogP contribution in [-0.2, 0) is 35.5 Å². The van der Waals surface area contributed by atoms with E-state index in [1.54, 1.807) is 48.4 Å². The number of nitrogens with zero attached hydrogens (tertiary/aromatic N) is 1. The number of hydrogen-bond donors (Lipinski definition) is 5. The van der Waals surface area contributed by atoms with Crippen LogP contribution in [-0.4, -0.2) is 83.7 Å². The van der Waals surface area contributed by atoms with Crippen molar-refractivity contribution in [3.63, 3.8) is 0 Å². The van der Waals surface area contributed by atoms with Crippen LogP contribution in [0.3, 0.4) is 0 Å². The number of benzene rings is 3. The lowest BCUT2D eigenvalue weighted by Crippen LogP contribution is -2.51. The molecule has 0 aliphatic carbocycles. The van der Waals surface area contributed by atoms with Gasteiger partial charge in [0.1, 0.15) is 12.6 Å². The average Bonchev–Trinajstić information content (AvgIpc) is 3.02. The molecule has 0 unspecified atom stereocenters. The largest absolute Gasteiger partial charge is 0.382 e. The number of carbonyl (C=O) groups is 2. The Bertz CT molecular complexity index is 1560. The third-order valence-electron chi connectivity index (χ3n) is 7.41. The molecule has 3 aromatic carbocycles. The monoisotopic (exact) mass is 660 g/mol.